The standard InChI is InChI=1S/C16H33N/c1-3-4-5-6-7-8-9-10-13-17-14-11-12-16(2)15-17/h16H,3-15H2,1-2H3. The minimum Gasteiger partial charge on any atom is -0.303 e. The number of piperidine rings is 1. The minimum atomic E-state index is 0.942. The van der Waals surface area contributed by atoms with Gasteiger partial charge in [0.15, 0.2) is 0 Å². The Kier molecular flexibility index (Phi) is 8.78. The van der Waals surface area contributed by atoms with Gasteiger partial charge in [-0.15, -0.1) is 0 Å². The van der Waals surface area contributed by atoms with Crippen LogP contribution in [-0.4, -0.2) is 24.5 Å². The van der Waals surface area contributed by atoms with Crippen LogP contribution in [0.25, 0.3) is 0 Å². The van der Waals surface area contributed by atoms with E-state index in [1.165, 1.54) is 83.8 Å². The molecule has 17 heavy (non-hydrogen) atoms. The highest BCUT2D eigenvalue weighted by atomic mass is 15.1. The Labute approximate surface area is 109 Å². The first-order chi connectivity index (χ1) is 8.33. The second kappa shape index (κ2) is 9.94. The molecule has 0 radical (unpaired) electrons. The molecule has 1 aliphatic heterocycles. The van der Waals surface area contributed by atoms with Crippen LogP contribution in [0.2, 0.25) is 0 Å². The summed E-state index contributed by atoms with van der Waals surface area (Å²) >= 11 is 0. The summed E-state index contributed by atoms with van der Waals surface area (Å²) in [5.74, 6) is 0.942. The molecule has 0 aromatic heterocycles. The van der Waals surface area contributed by atoms with Crippen molar-refractivity contribution in [2.75, 3.05) is 19.6 Å². The summed E-state index contributed by atoms with van der Waals surface area (Å²) in [6.07, 6.45) is 14.4. The van der Waals surface area contributed by atoms with Crippen LogP contribution in [0.5, 0.6) is 0 Å². The lowest BCUT2D eigenvalue weighted by Gasteiger charge is -2.30. The van der Waals surface area contributed by atoms with Gasteiger partial charge < -0.3 is 4.90 Å². The Balaban J connectivity index is 1.83. The molecule has 1 fully saturated rings. The van der Waals surface area contributed by atoms with E-state index in [-0.39, 0.29) is 0 Å². The molecule has 1 heteroatoms. The van der Waals surface area contributed by atoms with Crippen LogP contribution in [0, 0.1) is 5.92 Å². The highest BCUT2D eigenvalue weighted by molar-refractivity contribution is 4.69. The van der Waals surface area contributed by atoms with E-state index >= 15 is 0 Å². The van der Waals surface area contributed by atoms with E-state index in [0.717, 1.165) is 5.92 Å². The first-order valence-corrected chi connectivity index (χ1v) is 8.05. The maximum absolute atomic E-state index is 2.69. The van der Waals surface area contributed by atoms with Gasteiger partial charge in [-0.25, -0.2) is 0 Å². The number of hydrogen-bond donors (Lipinski definition) is 0. The van der Waals surface area contributed by atoms with E-state index in [1.807, 2.05) is 0 Å². The van der Waals surface area contributed by atoms with E-state index in [2.05, 4.69) is 18.7 Å². The molecular formula is C16H33N. The predicted molar refractivity (Wildman–Crippen MR) is 77.4 cm³/mol. The van der Waals surface area contributed by atoms with Gasteiger partial charge in [0.05, 0.1) is 0 Å². The Bertz CT molecular complexity index is 167. The molecule has 0 bridgehead atoms. The van der Waals surface area contributed by atoms with Crippen molar-refractivity contribution in [3.8, 4) is 0 Å². The van der Waals surface area contributed by atoms with Crippen LogP contribution >= 0.6 is 0 Å². The Morgan fingerprint density at radius 1 is 0.941 bits per heavy atom. The van der Waals surface area contributed by atoms with Gasteiger partial charge in [-0.2, -0.15) is 0 Å². The van der Waals surface area contributed by atoms with E-state index in [4.69, 9.17) is 0 Å². The van der Waals surface area contributed by atoms with Gasteiger partial charge in [-0.3, -0.25) is 0 Å². The Morgan fingerprint density at radius 2 is 1.59 bits per heavy atom. The van der Waals surface area contributed by atoms with Crippen molar-refractivity contribution in [1.82, 2.24) is 4.90 Å². The first-order valence-electron chi connectivity index (χ1n) is 8.05. The highest BCUT2D eigenvalue weighted by Gasteiger charge is 2.14. The second-order valence-corrected chi connectivity index (χ2v) is 6.02. The molecule has 102 valence electrons. The molecule has 0 spiro atoms. The van der Waals surface area contributed by atoms with Crippen molar-refractivity contribution in [1.29, 1.82) is 0 Å². The second-order valence-electron chi connectivity index (χ2n) is 6.02. The van der Waals surface area contributed by atoms with Crippen LogP contribution < -0.4 is 0 Å². The maximum atomic E-state index is 2.69. The van der Waals surface area contributed by atoms with Crippen LogP contribution in [0.15, 0.2) is 0 Å². The lowest BCUT2D eigenvalue weighted by atomic mass is 10.00. The van der Waals surface area contributed by atoms with Gasteiger partial charge in [0.1, 0.15) is 0 Å². The number of rotatable bonds is 9. The number of likely N-dealkylation sites (tertiary alicyclic amines) is 1. The molecule has 1 rings (SSSR count). The van der Waals surface area contributed by atoms with Crippen LogP contribution in [0.3, 0.4) is 0 Å². The Hall–Kier alpha value is -0.0400. The van der Waals surface area contributed by atoms with Crippen LogP contribution in [0.1, 0.15) is 78.1 Å². The van der Waals surface area contributed by atoms with Crippen molar-refractivity contribution in [2.45, 2.75) is 78.1 Å². The quantitative estimate of drug-likeness (QED) is 0.519. The average molecular weight is 239 g/mol. The van der Waals surface area contributed by atoms with E-state index in [1.54, 1.807) is 0 Å². The normalized spacial score (nSPS) is 21.9. The molecule has 1 unspecified atom stereocenters. The van der Waals surface area contributed by atoms with Crippen molar-refractivity contribution >= 4 is 0 Å². The monoisotopic (exact) mass is 239 g/mol. The maximum Gasteiger partial charge on any atom is 0.000703 e. The topological polar surface area (TPSA) is 3.24 Å². The van der Waals surface area contributed by atoms with Gasteiger partial charge in [0.2, 0.25) is 0 Å². The average Bonchev–Trinajstić information content (AvgIpc) is 2.33. The van der Waals surface area contributed by atoms with Gasteiger partial charge in [0.25, 0.3) is 0 Å². The molecule has 1 nitrogen and oxygen atoms in total. The zero-order valence-corrected chi connectivity index (χ0v) is 12.2. The summed E-state index contributed by atoms with van der Waals surface area (Å²) in [5, 5.41) is 0. The molecule has 0 N–H and O–H groups in total. The van der Waals surface area contributed by atoms with Gasteiger partial charge in [-0.05, 0) is 38.3 Å². The third kappa shape index (κ3) is 7.81. The fraction of sp³-hybridized carbons (Fsp3) is 1.00. The summed E-state index contributed by atoms with van der Waals surface area (Å²) < 4.78 is 0. The van der Waals surface area contributed by atoms with E-state index in [0.29, 0.717) is 0 Å². The molecule has 0 aromatic rings. The summed E-state index contributed by atoms with van der Waals surface area (Å²) in [4.78, 5) is 2.69. The molecule has 1 aliphatic rings. The third-order valence-electron chi connectivity index (χ3n) is 4.07. The minimum absolute atomic E-state index is 0.942. The molecule has 1 atom stereocenters. The number of hydrogen-bond acceptors (Lipinski definition) is 1. The summed E-state index contributed by atoms with van der Waals surface area (Å²) in [5.41, 5.74) is 0. The summed E-state index contributed by atoms with van der Waals surface area (Å²) in [7, 11) is 0. The molecular weight excluding hydrogens is 206 g/mol. The van der Waals surface area contributed by atoms with Gasteiger partial charge >= 0.3 is 0 Å². The van der Waals surface area contributed by atoms with E-state index < -0.39 is 0 Å². The molecule has 1 saturated heterocycles. The van der Waals surface area contributed by atoms with Crippen molar-refractivity contribution < 1.29 is 0 Å². The van der Waals surface area contributed by atoms with Crippen molar-refractivity contribution in [3.05, 3.63) is 0 Å². The van der Waals surface area contributed by atoms with Crippen LogP contribution in [0.4, 0.5) is 0 Å². The Morgan fingerprint density at radius 3 is 2.24 bits per heavy atom. The fourth-order valence-electron chi connectivity index (χ4n) is 2.96. The zero-order chi connectivity index (χ0) is 12.3. The lowest BCUT2D eigenvalue weighted by molar-refractivity contribution is 0.180. The highest BCUT2D eigenvalue weighted by Crippen LogP contribution is 2.16. The molecule has 0 saturated carbocycles. The SMILES string of the molecule is CCCCCCCCCCN1CCCC(C)C1. The van der Waals surface area contributed by atoms with Crippen molar-refractivity contribution in [2.24, 2.45) is 5.92 Å². The van der Waals surface area contributed by atoms with Gasteiger partial charge in [0, 0.05) is 6.54 Å². The molecule has 1 heterocycles. The first kappa shape index (κ1) is 15.0. The van der Waals surface area contributed by atoms with Crippen molar-refractivity contribution in [3.63, 3.8) is 0 Å². The number of nitrogens with zero attached hydrogens (tertiary/aromatic N) is 1. The third-order valence-corrected chi connectivity index (χ3v) is 4.07. The molecule has 0 amide bonds. The van der Waals surface area contributed by atoms with E-state index in [9.17, 15) is 0 Å². The molecule has 0 aliphatic carbocycles. The summed E-state index contributed by atoms with van der Waals surface area (Å²) in [6, 6.07) is 0. The largest absolute Gasteiger partial charge is 0.303 e. The van der Waals surface area contributed by atoms with Crippen LogP contribution in [-0.2, 0) is 0 Å². The zero-order valence-electron chi connectivity index (χ0n) is 12.2. The molecule has 0 aromatic carbocycles. The lowest BCUT2D eigenvalue weighted by Crippen LogP contribution is -2.34. The predicted octanol–water partition coefficient (Wildman–Crippen LogP) is 4.86. The number of unbranched alkanes of at least 4 members (excludes halogenated alkanes) is 7. The smallest absolute Gasteiger partial charge is 0.000703 e. The van der Waals surface area contributed by atoms with Gasteiger partial charge in [-0.1, -0.05) is 58.8 Å². The fourth-order valence-corrected chi connectivity index (χ4v) is 2.96. The summed E-state index contributed by atoms with van der Waals surface area (Å²) in [6.45, 7) is 8.77.